The molecule has 1 aliphatic rings. The Balaban J connectivity index is 2.35. The van der Waals surface area contributed by atoms with Crippen molar-refractivity contribution in [2.45, 2.75) is 25.7 Å². The number of halogens is 4. The van der Waals surface area contributed by atoms with E-state index in [2.05, 4.69) is 10.2 Å². The number of fused-ring (bicyclic) bond motifs is 1. The molecule has 0 aliphatic carbocycles. The van der Waals surface area contributed by atoms with Gasteiger partial charge < -0.3 is 9.47 Å². The average Bonchev–Trinajstić information content (AvgIpc) is 2.71. The minimum Gasteiger partial charge on any atom is -0.332 e. The van der Waals surface area contributed by atoms with Gasteiger partial charge in [0.2, 0.25) is 11.7 Å². The second-order valence-corrected chi connectivity index (χ2v) is 4.83. The first-order chi connectivity index (χ1) is 8.34. The third kappa shape index (κ3) is 2.31. The van der Waals surface area contributed by atoms with Crippen molar-refractivity contribution < 1.29 is 18.0 Å². The summed E-state index contributed by atoms with van der Waals surface area (Å²) in [5, 5.41) is 6.72. The number of rotatable bonds is 1. The van der Waals surface area contributed by atoms with E-state index in [1.54, 1.807) is 6.92 Å². The first-order valence-electron chi connectivity index (χ1n) is 5.19. The second kappa shape index (κ2) is 4.67. The Morgan fingerprint density at radius 1 is 1.50 bits per heavy atom. The minimum absolute atomic E-state index is 0.0786. The van der Waals surface area contributed by atoms with Crippen LogP contribution in [0.15, 0.2) is 0 Å². The van der Waals surface area contributed by atoms with Crippen molar-refractivity contribution in [3.63, 3.8) is 0 Å². The van der Waals surface area contributed by atoms with E-state index in [9.17, 15) is 18.0 Å². The van der Waals surface area contributed by atoms with Gasteiger partial charge in [-0.15, -0.1) is 10.2 Å². The molecule has 18 heavy (non-hydrogen) atoms. The molecule has 2 heterocycles. The van der Waals surface area contributed by atoms with Gasteiger partial charge in [0.15, 0.2) is 5.82 Å². The van der Waals surface area contributed by atoms with E-state index < -0.39 is 18.0 Å². The van der Waals surface area contributed by atoms with Crippen molar-refractivity contribution in [3.8, 4) is 0 Å². The van der Waals surface area contributed by atoms with Crippen molar-refractivity contribution in [1.82, 2.24) is 19.7 Å². The Hall–Kier alpha value is -0.870. The fourth-order valence-electron chi connectivity index (χ4n) is 2.00. The molecule has 1 aliphatic heterocycles. The molecule has 0 spiro atoms. The fourth-order valence-corrected chi connectivity index (χ4v) is 2.48. The molecule has 2 rings (SSSR count). The van der Waals surface area contributed by atoms with Crippen molar-refractivity contribution in [2.75, 3.05) is 11.0 Å². The fraction of sp³-hybridized carbons (Fsp3) is 0.667. The van der Waals surface area contributed by atoms with E-state index in [0.29, 0.717) is 4.43 Å². The van der Waals surface area contributed by atoms with Crippen LogP contribution in [-0.2, 0) is 17.5 Å². The van der Waals surface area contributed by atoms with Crippen LogP contribution in [0.5, 0.6) is 0 Å². The predicted octanol–water partition coefficient (Wildman–Crippen LogP) is 1.64. The molecule has 1 unspecified atom stereocenters. The Bertz CT molecular complexity index is 473. The van der Waals surface area contributed by atoms with Crippen LogP contribution in [0.4, 0.5) is 13.2 Å². The number of hydrogen-bond acceptors (Lipinski definition) is 3. The van der Waals surface area contributed by atoms with Gasteiger partial charge in [-0.25, -0.2) is 0 Å². The number of carbonyl (C=O) groups is 1. The summed E-state index contributed by atoms with van der Waals surface area (Å²) < 4.78 is 39.5. The van der Waals surface area contributed by atoms with Crippen LogP contribution in [0, 0.1) is 0 Å². The highest BCUT2D eigenvalue weighted by Crippen LogP contribution is 2.32. The number of carbonyl (C=O) groups excluding carboxylic acids is 1. The Labute approximate surface area is 114 Å². The standard InChI is InChI=1S/C9H10F3IN4O/c1-5-3-16(7(18)2-13)4-6-14-15-8(17(5)6)9(10,11)12/h5H,2-4H2,1H3. The predicted molar refractivity (Wildman–Crippen MR) is 64.0 cm³/mol. The smallest absolute Gasteiger partial charge is 0.332 e. The number of amides is 1. The lowest BCUT2D eigenvalue weighted by Gasteiger charge is -2.32. The molecule has 1 aromatic heterocycles. The first kappa shape index (κ1) is 13.6. The molecule has 5 nitrogen and oxygen atoms in total. The molecule has 0 N–H and O–H groups in total. The van der Waals surface area contributed by atoms with Crippen molar-refractivity contribution in [2.24, 2.45) is 0 Å². The monoisotopic (exact) mass is 374 g/mol. The highest BCUT2D eigenvalue weighted by atomic mass is 127. The van der Waals surface area contributed by atoms with Crippen LogP contribution in [0.2, 0.25) is 0 Å². The van der Waals surface area contributed by atoms with Gasteiger partial charge in [-0.2, -0.15) is 13.2 Å². The normalized spacial score (nSPS) is 19.8. The molecule has 1 amide bonds. The molecule has 0 saturated heterocycles. The van der Waals surface area contributed by atoms with E-state index in [-0.39, 0.29) is 24.8 Å². The topological polar surface area (TPSA) is 51.0 Å². The molecule has 0 saturated carbocycles. The number of hydrogen-bond donors (Lipinski definition) is 0. The molecular weight excluding hydrogens is 364 g/mol. The summed E-state index contributed by atoms with van der Waals surface area (Å²) in [6, 6.07) is -0.479. The van der Waals surface area contributed by atoms with E-state index in [0.717, 1.165) is 4.57 Å². The van der Waals surface area contributed by atoms with E-state index >= 15 is 0 Å². The molecule has 100 valence electrons. The molecular formula is C9H10F3IN4O. The van der Waals surface area contributed by atoms with Crippen LogP contribution in [0.3, 0.4) is 0 Å². The second-order valence-electron chi connectivity index (χ2n) is 4.06. The lowest BCUT2D eigenvalue weighted by molar-refractivity contribution is -0.149. The van der Waals surface area contributed by atoms with Crippen LogP contribution >= 0.6 is 22.6 Å². The Morgan fingerprint density at radius 3 is 2.72 bits per heavy atom. The summed E-state index contributed by atoms with van der Waals surface area (Å²) in [5.41, 5.74) is 0. The minimum atomic E-state index is -4.52. The molecule has 1 atom stereocenters. The molecule has 0 radical (unpaired) electrons. The van der Waals surface area contributed by atoms with Gasteiger partial charge in [0.1, 0.15) is 0 Å². The molecule has 0 aromatic carbocycles. The molecule has 0 fully saturated rings. The third-order valence-electron chi connectivity index (χ3n) is 2.74. The van der Waals surface area contributed by atoms with Gasteiger partial charge in [-0.05, 0) is 6.92 Å². The summed E-state index contributed by atoms with van der Waals surface area (Å²) in [4.78, 5) is 13.1. The Kier molecular flexibility index (Phi) is 3.52. The van der Waals surface area contributed by atoms with E-state index in [4.69, 9.17) is 0 Å². The number of aromatic nitrogens is 3. The maximum Gasteiger partial charge on any atom is 0.451 e. The summed E-state index contributed by atoms with van der Waals surface area (Å²) in [6.45, 7) is 1.94. The lowest BCUT2D eigenvalue weighted by Crippen LogP contribution is -2.41. The summed E-state index contributed by atoms with van der Waals surface area (Å²) >= 11 is 1.93. The largest absolute Gasteiger partial charge is 0.451 e. The molecule has 9 heteroatoms. The maximum absolute atomic E-state index is 12.7. The van der Waals surface area contributed by atoms with Crippen LogP contribution in [0.25, 0.3) is 0 Å². The first-order valence-corrected chi connectivity index (χ1v) is 6.72. The maximum atomic E-state index is 12.7. The summed E-state index contributed by atoms with van der Waals surface area (Å²) in [6.07, 6.45) is -4.52. The van der Waals surface area contributed by atoms with E-state index in [1.165, 1.54) is 4.90 Å². The number of nitrogens with zero attached hydrogens (tertiary/aromatic N) is 4. The zero-order chi connectivity index (χ0) is 13.5. The van der Waals surface area contributed by atoms with Gasteiger partial charge in [0.25, 0.3) is 0 Å². The van der Waals surface area contributed by atoms with E-state index in [1.807, 2.05) is 22.6 Å². The number of alkyl halides is 4. The van der Waals surface area contributed by atoms with Crippen molar-refractivity contribution >= 4 is 28.5 Å². The van der Waals surface area contributed by atoms with Gasteiger partial charge in [0.05, 0.1) is 17.0 Å². The zero-order valence-electron chi connectivity index (χ0n) is 9.41. The van der Waals surface area contributed by atoms with Crippen LogP contribution < -0.4 is 0 Å². The van der Waals surface area contributed by atoms with Gasteiger partial charge in [0, 0.05) is 6.54 Å². The summed E-state index contributed by atoms with van der Waals surface area (Å²) in [7, 11) is 0. The van der Waals surface area contributed by atoms with Crippen molar-refractivity contribution in [3.05, 3.63) is 11.6 Å². The van der Waals surface area contributed by atoms with Gasteiger partial charge in [-0.3, -0.25) is 4.79 Å². The SMILES string of the molecule is CC1CN(C(=O)CI)Cc2nnc(C(F)(F)F)n21. The molecule has 1 aromatic rings. The summed E-state index contributed by atoms with van der Waals surface area (Å²) in [5.74, 6) is -0.920. The highest BCUT2D eigenvalue weighted by molar-refractivity contribution is 14.1. The third-order valence-corrected chi connectivity index (χ3v) is 3.40. The zero-order valence-corrected chi connectivity index (χ0v) is 11.6. The quantitative estimate of drug-likeness (QED) is 0.555. The van der Waals surface area contributed by atoms with Crippen molar-refractivity contribution in [1.29, 1.82) is 0 Å². The lowest BCUT2D eigenvalue weighted by atomic mass is 10.2. The Morgan fingerprint density at radius 2 is 2.17 bits per heavy atom. The average molecular weight is 374 g/mol. The van der Waals surface area contributed by atoms with Gasteiger partial charge in [-0.1, -0.05) is 22.6 Å². The van der Waals surface area contributed by atoms with Gasteiger partial charge >= 0.3 is 6.18 Å². The van der Waals surface area contributed by atoms with Crippen LogP contribution in [0.1, 0.15) is 24.6 Å². The molecule has 0 bridgehead atoms. The highest BCUT2D eigenvalue weighted by Gasteiger charge is 2.41. The van der Waals surface area contributed by atoms with Crippen LogP contribution in [-0.4, -0.2) is 36.5 Å².